The lowest BCUT2D eigenvalue weighted by Gasteiger charge is -2.29. The van der Waals surface area contributed by atoms with Gasteiger partial charge in [-0.1, -0.05) is 342 Å². The monoisotopic (exact) mass is 1220 g/mol. The normalized spacial score (nSPS) is 14.2. The van der Waals surface area contributed by atoms with Gasteiger partial charge in [-0.25, -0.2) is 0 Å². The van der Waals surface area contributed by atoms with E-state index in [-0.39, 0.29) is 12.5 Å². The summed E-state index contributed by atoms with van der Waals surface area (Å²) in [5.41, 5.74) is 0. The Labute approximate surface area is 534 Å². The number of likely N-dealkylation sites (N-methyl/N-ethyl adjacent to an activating group) is 1. The highest BCUT2D eigenvalue weighted by molar-refractivity contribution is 7.45. The minimum absolute atomic E-state index is 0.00923. The summed E-state index contributed by atoms with van der Waals surface area (Å²) in [6, 6.07) is -0.911. The van der Waals surface area contributed by atoms with Crippen LogP contribution in [-0.4, -0.2) is 68.5 Å². The number of nitrogens with zero attached hydrogens (tertiary/aromatic N) is 1. The maximum absolute atomic E-state index is 13.0. The number of hydrogen-bond donors (Lipinski definition) is 2. The number of amides is 1. The van der Waals surface area contributed by atoms with Crippen molar-refractivity contribution in [3.8, 4) is 0 Å². The number of aliphatic hydroxyl groups excluding tert-OH is 1. The second kappa shape index (κ2) is 66.8. The van der Waals surface area contributed by atoms with Crippen molar-refractivity contribution in [2.24, 2.45) is 0 Å². The van der Waals surface area contributed by atoms with Gasteiger partial charge in [0, 0.05) is 6.42 Å². The SMILES string of the molecule is CC/C=C\C/C=C\C/C=C\C/C=C\C/C=C\C/C=C\CCCCCCCCCCCCCCCCC(=O)NC(COP(=O)([O-])OCC[N+](C)(C)C)C(O)/C=C/CC/C=C/CCCCCCCCCCCCCCCCCCCCCCCCCCC. The predicted octanol–water partition coefficient (Wildman–Crippen LogP) is 23.0. The summed E-state index contributed by atoms with van der Waals surface area (Å²) in [7, 11) is 1.24. The third kappa shape index (κ3) is 68.9. The van der Waals surface area contributed by atoms with Gasteiger partial charge < -0.3 is 28.8 Å². The number of unbranched alkanes of at least 4 members (excludes halogenated alkanes) is 40. The highest BCUT2D eigenvalue weighted by atomic mass is 31.2. The first-order valence-electron chi connectivity index (χ1n) is 36.6. The van der Waals surface area contributed by atoms with Gasteiger partial charge in [-0.05, 0) is 83.5 Å². The number of phosphoric acid groups is 1. The van der Waals surface area contributed by atoms with Crippen molar-refractivity contribution < 1.29 is 32.9 Å². The van der Waals surface area contributed by atoms with Crippen LogP contribution in [0, 0.1) is 0 Å². The third-order valence-corrected chi connectivity index (χ3v) is 17.2. The Morgan fingerprint density at radius 2 is 0.721 bits per heavy atom. The quantitative estimate of drug-likeness (QED) is 0.0272. The summed E-state index contributed by atoms with van der Waals surface area (Å²) < 4.78 is 23.5. The second-order valence-corrected chi connectivity index (χ2v) is 27.3. The van der Waals surface area contributed by atoms with Gasteiger partial charge in [0.15, 0.2) is 0 Å². The lowest BCUT2D eigenvalue weighted by atomic mass is 10.0. The van der Waals surface area contributed by atoms with Crippen molar-refractivity contribution in [1.29, 1.82) is 0 Å². The lowest BCUT2D eigenvalue weighted by molar-refractivity contribution is -0.870. The fourth-order valence-corrected chi connectivity index (χ4v) is 11.4. The van der Waals surface area contributed by atoms with E-state index >= 15 is 0 Å². The molecule has 0 heterocycles. The highest BCUT2D eigenvalue weighted by Crippen LogP contribution is 2.38. The molecule has 0 fully saturated rings. The van der Waals surface area contributed by atoms with E-state index in [1.54, 1.807) is 6.08 Å². The molecule has 1 amide bonds. The standard InChI is InChI=1S/C77H141N2O6P/c1-6-8-10-12-14-16-18-20-22-24-26-28-30-32-34-36-38-39-41-43-45-47-49-51-53-55-57-59-61-63-65-67-69-71-77(81)78-75(74-85-86(82,83)84-73-72-79(3,4)5)76(80)70-68-66-64-62-60-58-56-54-52-50-48-46-44-42-40-37-35-33-31-29-27-25-23-21-19-17-15-13-11-9-7-2/h8,10,14,16,20,22,26,28,32,34,38-39,60,62,68,70,75-76,80H,6-7,9,11-13,15,17-19,21,23-25,27,29-31,33,35-37,40-59,61,63-67,69,71-74H2,1-5H3,(H-,78,81,82,83)/b10-8-,16-14-,22-20-,28-26-,34-32-,39-38-,62-60+,70-68+. The number of rotatable bonds is 67. The van der Waals surface area contributed by atoms with Gasteiger partial charge in [0.25, 0.3) is 7.82 Å². The summed E-state index contributed by atoms with van der Waals surface area (Å²) in [5.74, 6) is -0.207. The molecule has 0 saturated carbocycles. The third-order valence-electron chi connectivity index (χ3n) is 16.3. The molecule has 0 rings (SSSR count). The summed E-state index contributed by atoms with van der Waals surface area (Å²) in [6.07, 6.45) is 96.9. The Kier molecular flexibility index (Phi) is 64.8. The summed E-state index contributed by atoms with van der Waals surface area (Å²) in [5, 5.41) is 14.0. The van der Waals surface area contributed by atoms with Gasteiger partial charge in [-0.2, -0.15) is 0 Å². The summed E-state index contributed by atoms with van der Waals surface area (Å²) >= 11 is 0. The van der Waals surface area contributed by atoms with E-state index in [4.69, 9.17) is 9.05 Å². The van der Waals surface area contributed by atoms with Crippen molar-refractivity contribution in [2.75, 3.05) is 40.9 Å². The second-order valence-electron chi connectivity index (χ2n) is 25.9. The molecule has 0 aliphatic rings. The first-order valence-corrected chi connectivity index (χ1v) is 38.1. The molecule has 0 aromatic carbocycles. The van der Waals surface area contributed by atoms with Gasteiger partial charge >= 0.3 is 0 Å². The number of quaternary nitrogens is 1. The summed E-state index contributed by atoms with van der Waals surface area (Å²) in [6.45, 7) is 4.55. The molecular formula is C77H141N2O6P. The number of allylic oxidation sites excluding steroid dienone is 15. The first-order chi connectivity index (χ1) is 42.0. The van der Waals surface area contributed by atoms with E-state index in [1.807, 2.05) is 27.2 Å². The van der Waals surface area contributed by atoms with Gasteiger partial charge in [0.05, 0.1) is 39.9 Å². The zero-order valence-corrected chi connectivity index (χ0v) is 58.1. The smallest absolute Gasteiger partial charge is 0.268 e. The van der Waals surface area contributed by atoms with Gasteiger partial charge in [0.1, 0.15) is 13.2 Å². The Bertz CT molecular complexity index is 1730. The molecule has 9 heteroatoms. The average molecular weight is 1220 g/mol. The number of hydrogen-bond acceptors (Lipinski definition) is 6. The molecule has 0 aromatic heterocycles. The van der Waals surface area contributed by atoms with Crippen molar-refractivity contribution in [2.45, 2.75) is 347 Å². The van der Waals surface area contributed by atoms with Crippen molar-refractivity contribution in [1.82, 2.24) is 5.32 Å². The molecule has 500 valence electrons. The van der Waals surface area contributed by atoms with E-state index in [2.05, 4.69) is 104 Å². The van der Waals surface area contributed by atoms with Crippen LogP contribution in [0.5, 0.6) is 0 Å². The zero-order chi connectivity index (χ0) is 62.6. The van der Waals surface area contributed by atoms with Crippen LogP contribution in [0.4, 0.5) is 0 Å². The predicted molar refractivity (Wildman–Crippen MR) is 376 cm³/mol. The Morgan fingerprint density at radius 1 is 0.419 bits per heavy atom. The van der Waals surface area contributed by atoms with Crippen LogP contribution in [0.3, 0.4) is 0 Å². The topological polar surface area (TPSA) is 108 Å². The van der Waals surface area contributed by atoms with Crippen LogP contribution in [-0.2, 0) is 18.4 Å². The minimum atomic E-state index is -4.62. The Morgan fingerprint density at radius 3 is 1.08 bits per heavy atom. The minimum Gasteiger partial charge on any atom is -0.756 e. The van der Waals surface area contributed by atoms with Gasteiger partial charge in [-0.3, -0.25) is 9.36 Å². The molecule has 0 aromatic rings. The molecule has 86 heavy (non-hydrogen) atoms. The lowest BCUT2D eigenvalue weighted by Crippen LogP contribution is -2.45. The Hall–Kier alpha value is -2.58. The first kappa shape index (κ1) is 83.4. The molecule has 3 unspecified atom stereocenters. The van der Waals surface area contributed by atoms with E-state index in [9.17, 15) is 19.4 Å². The van der Waals surface area contributed by atoms with Crippen LogP contribution in [0.25, 0.3) is 0 Å². The highest BCUT2D eigenvalue weighted by Gasteiger charge is 2.23. The number of aliphatic hydroxyl groups is 1. The Balaban J connectivity index is 4.09. The molecule has 3 atom stereocenters. The van der Waals surface area contributed by atoms with Gasteiger partial charge in [0.2, 0.25) is 5.91 Å². The fourth-order valence-electron chi connectivity index (χ4n) is 10.6. The van der Waals surface area contributed by atoms with E-state index < -0.39 is 26.6 Å². The van der Waals surface area contributed by atoms with E-state index in [1.165, 1.54) is 238 Å². The number of carbonyl (C=O) groups is 1. The van der Waals surface area contributed by atoms with Crippen LogP contribution in [0.1, 0.15) is 335 Å². The van der Waals surface area contributed by atoms with Crippen LogP contribution >= 0.6 is 7.82 Å². The number of phosphoric ester groups is 1. The van der Waals surface area contributed by atoms with E-state index in [0.29, 0.717) is 17.4 Å². The fraction of sp³-hybridized carbons (Fsp3) is 0.779. The molecule has 0 spiro atoms. The van der Waals surface area contributed by atoms with Crippen molar-refractivity contribution in [3.63, 3.8) is 0 Å². The van der Waals surface area contributed by atoms with Crippen LogP contribution < -0.4 is 10.2 Å². The largest absolute Gasteiger partial charge is 0.756 e. The van der Waals surface area contributed by atoms with Crippen molar-refractivity contribution >= 4 is 13.7 Å². The van der Waals surface area contributed by atoms with E-state index in [0.717, 1.165) is 77.0 Å². The maximum atomic E-state index is 13.0. The van der Waals surface area contributed by atoms with Crippen LogP contribution in [0.2, 0.25) is 0 Å². The molecule has 0 aliphatic carbocycles. The molecule has 8 nitrogen and oxygen atoms in total. The van der Waals surface area contributed by atoms with Crippen molar-refractivity contribution in [3.05, 3.63) is 97.2 Å². The zero-order valence-electron chi connectivity index (χ0n) is 57.3. The molecule has 2 N–H and O–H groups in total. The summed E-state index contributed by atoms with van der Waals surface area (Å²) in [4.78, 5) is 25.7. The molecular weight excluding hydrogens is 1080 g/mol. The molecule has 0 saturated heterocycles. The van der Waals surface area contributed by atoms with Gasteiger partial charge in [-0.15, -0.1) is 0 Å². The van der Waals surface area contributed by atoms with Crippen LogP contribution in [0.15, 0.2) is 97.2 Å². The molecule has 0 bridgehead atoms. The molecule has 0 aliphatic heterocycles. The maximum Gasteiger partial charge on any atom is 0.268 e. The molecule has 0 radical (unpaired) electrons. The number of nitrogens with one attached hydrogen (secondary N) is 1. The average Bonchev–Trinajstić information content (AvgIpc) is 3.70. The number of carbonyl (C=O) groups excluding carboxylic acids is 1.